The van der Waals surface area contributed by atoms with Crippen LogP contribution in [0.3, 0.4) is 0 Å². The molecule has 2 aromatic carbocycles. The van der Waals surface area contributed by atoms with Gasteiger partial charge in [-0.25, -0.2) is 13.2 Å². The first-order valence-corrected chi connectivity index (χ1v) is 11.3. The van der Waals surface area contributed by atoms with Crippen molar-refractivity contribution >= 4 is 55.8 Å². The van der Waals surface area contributed by atoms with Crippen molar-refractivity contribution in [3.05, 3.63) is 58.2 Å². The molecule has 1 heterocycles. The first kappa shape index (κ1) is 22.9. The van der Waals surface area contributed by atoms with Crippen LogP contribution in [0.5, 0.6) is 0 Å². The third-order valence-corrected chi connectivity index (χ3v) is 6.93. The third-order valence-electron chi connectivity index (χ3n) is 4.72. The average molecular weight is 480 g/mol. The number of halogens is 2. The van der Waals surface area contributed by atoms with E-state index in [-0.39, 0.29) is 20.6 Å². The fourth-order valence-electron chi connectivity index (χ4n) is 3.38. The normalized spacial score (nSPS) is 13.0. The van der Waals surface area contributed by atoms with E-state index in [1.807, 2.05) is 6.07 Å². The van der Waals surface area contributed by atoms with Gasteiger partial charge >= 0.3 is 5.97 Å². The largest absolute Gasteiger partial charge is 0.480 e. The maximum absolute atomic E-state index is 13.7. The standard InChI is InChI=1S/C21H19Cl2N3O4S/c1-21(2,3)19(20(27)28)26(31(29,30)16-7-13(22)6-14(23)8-16)15-4-5-18-17(9-15)12(10-24)11-25-18/h4-9,11,19,25H,1-3H3,(H,27,28). The van der Waals surface area contributed by atoms with Gasteiger partial charge < -0.3 is 10.1 Å². The number of hydrogen-bond acceptors (Lipinski definition) is 4. The molecule has 3 aromatic rings. The van der Waals surface area contributed by atoms with Crippen molar-refractivity contribution in [3.63, 3.8) is 0 Å². The SMILES string of the molecule is CC(C)(C)C(C(=O)O)N(c1ccc2[nH]cc(C#N)c2c1)S(=O)(=O)c1cc(Cl)cc(Cl)c1. The number of aliphatic carboxylic acids is 1. The summed E-state index contributed by atoms with van der Waals surface area (Å²) >= 11 is 12.0. The van der Waals surface area contributed by atoms with Crippen molar-refractivity contribution in [1.29, 1.82) is 5.26 Å². The summed E-state index contributed by atoms with van der Waals surface area (Å²) in [4.78, 5) is 15.0. The Morgan fingerprint density at radius 1 is 1.16 bits per heavy atom. The number of carbonyl (C=O) groups is 1. The van der Waals surface area contributed by atoms with Gasteiger partial charge in [0.2, 0.25) is 0 Å². The topological polar surface area (TPSA) is 114 Å². The molecule has 1 atom stereocenters. The maximum atomic E-state index is 13.7. The molecule has 3 rings (SSSR count). The van der Waals surface area contributed by atoms with Crippen LogP contribution in [0.15, 0.2) is 47.5 Å². The highest BCUT2D eigenvalue weighted by atomic mass is 35.5. The Morgan fingerprint density at radius 3 is 2.29 bits per heavy atom. The van der Waals surface area contributed by atoms with Gasteiger partial charge in [-0.15, -0.1) is 0 Å². The van der Waals surface area contributed by atoms with Gasteiger partial charge in [-0.3, -0.25) is 4.31 Å². The van der Waals surface area contributed by atoms with Crippen LogP contribution in [0.2, 0.25) is 10.0 Å². The van der Waals surface area contributed by atoms with Crippen LogP contribution < -0.4 is 4.31 Å². The van der Waals surface area contributed by atoms with Gasteiger partial charge in [0.25, 0.3) is 10.0 Å². The molecule has 0 aliphatic heterocycles. The molecule has 1 aromatic heterocycles. The lowest BCUT2D eigenvalue weighted by Gasteiger charge is -2.37. The van der Waals surface area contributed by atoms with E-state index < -0.39 is 27.4 Å². The highest BCUT2D eigenvalue weighted by Crippen LogP contribution is 2.37. The minimum Gasteiger partial charge on any atom is -0.480 e. The molecule has 0 amide bonds. The highest BCUT2D eigenvalue weighted by Gasteiger charge is 2.43. The van der Waals surface area contributed by atoms with Crippen molar-refractivity contribution in [2.75, 3.05) is 4.31 Å². The number of aromatic amines is 1. The van der Waals surface area contributed by atoms with E-state index in [0.29, 0.717) is 16.5 Å². The Hall–Kier alpha value is -2.73. The van der Waals surface area contributed by atoms with Gasteiger partial charge in [0.15, 0.2) is 0 Å². The lowest BCUT2D eigenvalue weighted by atomic mass is 9.86. The van der Waals surface area contributed by atoms with Crippen LogP contribution in [-0.2, 0) is 14.8 Å². The number of rotatable bonds is 5. The number of H-pyrrole nitrogens is 1. The summed E-state index contributed by atoms with van der Waals surface area (Å²) in [6.07, 6.45) is 1.50. The quantitative estimate of drug-likeness (QED) is 0.531. The summed E-state index contributed by atoms with van der Waals surface area (Å²) in [7, 11) is -4.41. The van der Waals surface area contributed by atoms with E-state index in [1.54, 1.807) is 26.8 Å². The zero-order valence-electron chi connectivity index (χ0n) is 16.8. The second kappa shape index (κ2) is 8.08. The minimum absolute atomic E-state index is 0.0986. The molecular weight excluding hydrogens is 461 g/mol. The monoisotopic (exact) mass is 479 g/mol. The van der Waals surface area contributed by atoms with E-state index >= 15 is 0 Å². The lowest BCUT2D eigenvalue weighted by Crippen LogP contribution is -2.52. The Morgan fingerprint density at radius 2 is 1.77 bits per heavy atom. The predicted octanol–water partition coefficient (Wildman–Crippen LogP) is 5.04. The van der Waals surface area contributed by atoms with E-state index in [2.05, 4.69) is 4.98 Å². The number of aromatic nitrogens is 1. The van der Waals surface area contributed by atoms with E-state index in [9.17, 15) is 23.6 Å². The summed E-state index contributed by atoms with van der Waals surface area (Å²) in [6.45, 7) is 4.90. The fourth-order valence-corrected chi connectivity index (χ4v) is 5.89. The van der Waals surface area contributed by atoms with Crippen molar-refractivity contribution in [3.8, 4) is 6.07 Å². The number of carboxylic acids is 1. The Labute approximate surface area is 189 Å². The molecule has 0 spiro atoms. The Balaban J connectivity index is 2.35. The summed E-state index contributed by atoms with van der Waals surface area (Å²) < 4.78 is 28.3. The Kier molecular flexibility index (Phi) is 5.98. The number of benzene rings is 2. The molecule has 0 bridgehead atoms. The zero-order valence-corrected chi connectivity index (χ0v) is 19.2. The predicted molar refractivity (Wildman–Crippen MR) is 120 cm³/mol. The lowest BCUT2D eigenvalue weighted by molar-refractivity contribution is -0.140. The van der Waals surface area contributed by atoms with Crippen molar-refractivity contribution < 1.29 is 18.3 Å². The summed E-state index contributed by atoms with van der Waals surface area (Å²) in [5.74, 6) is -1.32. The molecule has 7 nitrogen and oxygen atoms in total. The van der Waals surface area contributed by atoms with Crippen molar-refractivity contribution in [1.82, 2.24) is 4.98 Å². The molecule has 0 saturated carbocycles. The number of nitrogens with zero attached hydrogens (tertiary/aromatic N) is 2. The average Bonchev–Trinajstić information content (AvgIpc) is 3.05. The molecule has 0 aliphatic rings. The Bertz CT molecular complexity index is 1300. The molecule has 1 unspecified atom stereocenters. The van der Waals surface area contributed by atoms with E-state index in [1.165, 1.54) is 36.5 Å². The van der Waals surface area contributed by atoms with Crippen LogP contribution >= 0.6 is 23.2 Å². The highest BCUT2D eigenvalue weighted by molar-refractivity contribution is 7.93. The second-order valence-electron chi connectivity index (χ2n) is 8.06. The van der Waals surface area contributed by atoms with Crippen LogP contribution in [0.4, 0.5) is 5.69 Å². The van der Waals surface area contributed by atoms with Gasteiger partial charge in [0, 0.05) is 27.1 Å². The number of carboxylic acid groups (broad SMARTS) is 1. The van der Waals surface area contributed by atoms with Gasteiger partial charge in [0.05, 0.1) is 16.1 Å². The smallest absolute Gasteiger partial charge is 0.328 e. The molecule has 2 N–H and O–H groups in total. The second-order valence-corrected chi connectivity index (χ2v) is 10.7. The number of hydrogen-bond donors (Lipinski definition) is 2. The number of anilines is 1. The summed E-state index contributed by atoms with van der Waals surface area (Å²) in [6, 6.07) is 8.96. The fraction of sp³-hybridized carbons (Fsp3) is 0.238. The zero-order chi connectivity index (χ0) is 23.1. The van der Waals surface area contributed by atoms with Crippen LogP contribution in [0.25, 0.3) is 10.9 Å². The van der Waals surface area contributed by atoms with Gasteiger partial charge in [-0.05, 0) is 41.8 Å². The van der Waals surface area contributed by atoms with Gasteiger partial charge in [-0.1, -0.05) is 44.0 Å². The third kappa shape index (κ3) is 4.35. The summed E-state index contributed by atoms with van der Waals surface area (Å²) in [5, 5.41) is 20.0. The van der Waals surface area contributed by atoms with E-state index in [0.717, 1.165) is 4.31 Å². The van der Waals surface area contributed by atoms with Crippen LogP contribution in [0, 0.1) is 16.7 Å². The molecule has 0 saturated heterocycles. The van der Waals surface area contributed by atoms with Crippen molar-refractivity contribution in [2.24, 2.45) is 5.41 Å². The molecule has 0 fully saturated rings. The van der Waals surface area contributed by atoms with Gasteiger partial charge in [-0.2, -0.15) is 5.26 Å². The van der Waals surface area contributed by atoms with Crippen molar-refractivity contribution in [2.45, 2.75) is 31.7 Å². The van der Waals surface area contributed by atoms with Gasteiger partial charge in [0.1, 0.15) is 12.1 Å². The number of nitrogens with one attached hydrogen (secondary N) is 1. The van der Waals surface area contributed by atoms with E-state index in [4.69, 9.17) is 23.2 Å². The maximum Gasteiger partial charge on any atom is 0.328 e. The first-order chi connectivity index (χ1) is 14.4. The first-order valence-electron chi connectivity index (χ1n) is 9.11. The van der Waals surface area contributed by atoms with Crippen LogP contribution in [0.1, 0.15) is 26.3 Å². The molecule has 10 heteroatoms. The minimum atomic E-state index is -4.41. The number of nitriles is 1. The number of sulfonamides is 1. The molecule has 31 heavy (non-hydrogen) atoms. The molecular formula is C21H19Cl2N3O4S. The number of fused-ring (bicyclic) bond motifs is 1. The summed E-state index contributed by atoms with van der Waals surface area (Å²) in [5.41, 5.74) is 0.0441. The molecule has 0 radical (unpaired) electrons. The van der Waals surface area contributed by atoms with Crippen LogP contribution in [-0.4, -0.2) is 30.5 Å². The molecule has 162 valence electrons. The molecule has 0 aliphatic carbocycles.